The van der Waals surface area contributed by atoms with Crippen LogP contribution in [0.3, 0.4) is 0 Å². The first-order chi connectivity index (χ1) is 5.37. The maximum atomic E-state index is 6.14. The summed E-state index contributed by atoms with van der Waals surface area (Å²) in [6, 6.07) is 0.0571. The lowest BCUT2D eigenvalue weighted by molar-refractivity contribution is 0.604. The van der Waals surface area contributed by atoms with E-state index in [0.717, 1.165) is 5.57 Å². The predicted octanol–water partition coefficient (Wildman–Crippen LogP) is 1.33. The van der Waals surface area contributed by atoms with Gasteiger partial charge in [0.2, 0.25) is 0 Å². The van der Waals surface area contributed by atoms with Gasteiger partial charge in [0.25, 0.3) is 0 Å². The molecule has 68 valence electrons. The summed E-state index contributed by atoms with van der Waals surface area (Å²) in [6.45, 7) is 8.18. The fraction of sp³-hybridized carbons (Fsp3) is 0.600. The highest BCUT2D eigenvalue weighted by Crippen LogP contribution is 2.30. The lowest BCUT2D eigenvalue weighted by atomic mass is 9.77. The van der Waals surface area contributed by atoms with E-state index in [4.69, 9.17) is 11.5 Å². The summed E-state index contributed by atoms with van der Waals surface area (Å²) in [7, 11) is 0. The average Bonchev–Trinajstić information content (AvgIpc) is 1.99. The van der Waals surface area contributed by atoms with Crippen LogP contribution in [0.5, 0.6) is 0 Å². The third-order valence-corrected chi connectivity index (χ3v) is 3.12. The molecule has 0 spiro atoms. The molecule has 0 aromatic heterocycles. The Morgan fingerprint density at radius 3 is 2.33 bits per heavy atom. The van der Waals surface area contributed by atoms with Gasteiger partial charge in [0.1, 0.15) is 0 Å². The molecule has 1 rings (SSSR count). The monoisotopic (exact) mass is 166 g/mol. The zero-order valence-corrected chi connectivity index (χ0v) is 8.31. The smallest absolute Gasteiger partial charge is 0.0554 e. The van der Waals surface area contributed by atoms with Crippen LogP contribution >= 0.6 is 0 Å². The molecule has 4 N–H and O–H groups in total. The maximum absolute atomic E-state index is 6.14. The van der Waals surface area contributed by atoms with Crippen LogP contribution in [0, 0.1) is 0 Å². The van der Waals surface area contributed by atoms with Crippen LogP contribution in [0.25, 0.3) is 0 Å². The van der Waals surface area contributed by atoms with E-state index in [2.05, 4.69) is 6.92 Å². The predicted molar refractivity (Wildman–Crippen MR) is 52.7 cm³/mol. The topological polar surface area (TPSA) is 52.0 Å². The molecule has 0 heterocycles. The Morgan fingerprint density at radius 2 is 1.83 bits per heavy atom. The molecule has 0 bridgehead atoms. The number of nitrogens with two attached hydrogens (primary N) is 2. The molecule has 1 aliphatic rings. The van der Waals surface area contributed by atoms with Gasteiger partial charge in [0.15, 0.2) is 0 Å². The van der Waals surface area contributed by atoms with Crippen LogP contribution in [0.1, 0.15) is 27.7 Å². The lowest BCUT2D eigenvalue weighted by Gasteiger charge is -2.34. The molecular weight excluding hydrogens is 148 g/mol. The highest BCUT2D eigenvalue weighted by molar-refractivity contribution is 5.42. The summed E-state index contributed by atoms with van der Waals surface area (Å²) < 4.78 is 0. The van der Waals surface area contributed by atoms with E-state index in [1.54, 1.807) is 0 Å². The number of hydrogen-bond donors (Lipinski definition) is 2. The van der Waals surface area contributed by atoms with Gasteiger partial charge in [-0.2, -0.15) is 0 Å². The molecule has 2 atom stereocenters. The van der Waals surface area contributed by atoms with Crippen LogP contribution in [-0.2, 0) is 0 Å². The molecule has 2 nitrogen and oxygen atoms in total. The first-order valence-electron chi connectivity index (χ1n) is 4.28. The fourth-order valence-corrected chi connectivity index (χ4v) is 1.52. The molecule has 12 heavy (non-hydrogen) atoms. The van der Waals surface area contributed by atoms with Crippen molar-refractivity contribution >= 4 is 0 Å². The van der Waals surface area contributed by atoms with Gasteiger partial charge in [-0.15, -0.1) is 0 Å². The molecule has 2 unspecified atom stereocenters. The van der Waals surface area contributed by atoms with E-state index in [0.29, 0.717) is 0 Å². The van der Waals surface area contributed by atoms with E-state index in [9.17, 15) is 0 Å². The third-order valence-electron chi connectivity index (χ3n) is 3.12. The zero-order chi connectivity index (χ0) is 9.52. The van der Waals surface area contributed by atoms with Crippen LogP contribution in [0.15, 0.2) is 22.8 Å². The second kappa shape index (κ2) is 2.71. The van der Waals surface area contributed by atoms with Gasteiger partial charge < -0.3 is 11.5 Å². The Balaban J connectivity index is 3.16. The Kier molecular flexibility index (Phi) is 2.15. The molecule has 0 saturated heterocycles. The molecule has 0 aromatic rings. The van der Waals surface area contributed by atoms with Crippen molar-refractivity contribution in [2.24, 2.45) is 11.5 Å². The van der Waals surface area contributed by atoms with E-state index in [1.807, 2.05) is 26.8 Å². The molecule has 0 fully saturated rings. The van der Waals surface area contributed by atoms with E-state index in [-0.39, 0.29) is 11.6 Å². The van der Waals surface area contributed by atoms with Crippen molar-refractivity contribution < 1.29 is 0 Å². The Labute approximate surface area is 74.3 Å². The number of rotatable bonds is 0. The summed E-state index contributed by atoms with van der Waals surface area (Å²) >= 11 is 0. The molecule has 0 saturated carbocycles. The Morgan fingerprint density at radius 1 is 1.33 bits per heavy atom. The van der Waals surface area contributed by atoms with Crippen LogP contribution in [0.2, 0.25) is 0 Å². The summed E-state index contributed by atoms with van der Waals surface area (Å²) in [5.41, 5.74) is 15.3. The second-order valence-corrected chi connectivity index (χ2v) is 3.89. The van der Waals surface area contributed by atoms with E-state index < -0.39 is 0 Å². The van der Waals surface area contributed by atoms with E-state index >= 15 is 0 Å². The standard InChI is InChI=1S/C10H18N2/c1-6-5-9(11)7(2)8(3)10(6,4)12/h5,9H,11-12H2,1-4H3. The van der Waals surface area contributed by atoms with Gasteiger partial charge in [0, 0.05) is 6.04 Å². The van der Waals surface area contributed by atoms with Crippen molar-refractivity contribution in [2.75, 3.05) is 0 Å². The fourth-order valence-electron chi connectivity index (χ4n) is 1.52. The van der Waals surface area contributed by atoms with Crippen LogP contribution in [-0.4, -0.2) is 11.6 Å². The minimum absolute atomic E-state index is 0.0571. The number of hydrogen-bond acceptors (Lipinski definition) is 2. The first-order valence-corrected chi connectivity index (χ1v) is 4.28. The van der Waals surface area contributed by atoms with Crippen molar-refractivity contribution in [3.05, 3.63) is 22.8 Å². The Hall–Kier alpha value is -0.600. The third kappa shape index (κ3) is 1.21. The summed E-state index contributed by atoms with van der Waals surface area (Å²) in [5, 5.41) is 0. The molecule has 0 radical (unpaired) electrons. The SMILES string of the molecule is CC1=CC(N)C(C)=C(C)C1(C)N. The summed E-state index contributed by atoms with van der Waals surface area (Å²) in [6.07, 6.45) is 2.04. The quantitative estimate of drug-likeness (QED) is 0.533. The summed E-state index contributed by atoms with van der Waals surface area (Å²) in [4.78, 5) is 0. The van der Waals surface area contributed by atoms with Crippen LogP contribution < -0.4 is 11.5 Å². The van der Waals surface area contributed by atoms with Crippen molar-refractivity contribution in [3.8, 4) is 0 Å². The van der Waals surface area contributed by atoms with Crippen molar-refractivity contribution in [2.45, 2.75) is 39.3 Å². The second-order valence-electron chi connectivity index (χ2n) is 3.89. The van der Waals surface area contributed by atoms with Crippen LogP contribution in [0.4, 0.5) is 0 Å². The van der Waals surface area contributed by atoms with Gasteiger partial charge in [0.05, 0.1) is 5.54 Å². The highest BCUT2D eigenvalue weighted by Gasteiger charge is 2.29. The van der Waals surface area contributed by atoms with Crippen molar-refractivity contribution in [3.63, 3.8) is 0 Å². The Bertz CT molecular complexity index is 259. The van der Waals surface area contributed by atoms with Gasteiger partial charge in [-0.05, 0) is 33.3 Å². The molecular formula is C10H18N2. The maximum Gasteiger partial charge on any atom is 0.0554 e. The minimum Gasteiger partial charge on any atom is -0.321 e. The first kappa shape index (κ1) is 9.49. The molecule has 1 aliphatic carbocycles. The van der Waals surface area contributed by atoms with Crippen molar-refractivity contribution in [1.82, 2.24) is 0 Å². The van der Waals surface area contributed by atoms with Gasteiger partial charge in [-0.1, -0.05) is 17.2 Å². The zero-order valence-electron chi connectivity index (χ0n) is 8.31. The lowest BCUT2D eigenvalue weighted by Crippen LogP contribution is -2.44. The minimum atomic E-state index is -0.292. The van der Waals surface area contributed by atoms with Crippen molar-refractivity contribution in [1.29, 1.82) is 0 Å². The summed E-state index contributed by atoms with van der Waals surface area (Å²) in [5.74, 6) is 0. The molecule has 0 aliphatic heterocycles. The highest BCUT2D eigenvalue weighted by atomic mass is 14.8. The molecule has 2 heteroatoms. The van der Waals surface area contributed by atoms with Gasteiger partial charge >= 0.3 is 0 Å². The molecule has 0 amide bonds. The van der Waals surface area contributed by atoms with Gasteiger partial charge in [-0.3, -0.25) is 0 Å². The normalized spacial score (nSPS) is 36.8. The van der Waals surface area contributed by atoms with Gasteiger partial charge in [-0.25, -0.2) is 0 Å². The molecule has 0 aromatic carbocycles. The van der Waals surface area contributed by atoms with E-state index in [1.165, 1.54) is 11.1 Å². The average molecular weight is 166 g/mol. The largest absolute Gasteiger partial charge is 0.321 e.